The first-order valence-corrected chi connectivity index (χ1v) is 6.21. The van der Waals surface area contributed by atoms with Gasteiger partial charge in [0.05, 0.1) is 0 Å². The summed E-state index contributed by atoms with van der Waals surface area (Å²) < 4.78 is 0. The van der Waals surface area contributed by atoms with Crippen molar-refractivity contribution in [2.45, 2.75) is 20.4 Å². The monoisotopic (exact) mass is 241 g/mol. The maximum Gasteiger partial charge on any atom is 0.0449 e. The molecule has 94 valence electrons. The third kappa shape index (κ3) is 2.62. The Hall–Kier alpha value is -2.03. The van der Waals surface area contributed by atoms with Crippen molar-refractivity contribution in [2.24, 2.45) is 0 Å². The molecule has 0 aliphatic rings. The Bertz CT molecular complexity index is 523. The summed E-state index contributed by atoms with van der Waals surface area (Å²) in [6, 6.07) is 10.1. The van der Waals surface area contributed by atoms with Gasteiger partial charge in [-0.1, -0.05) is 18.2 Å². The topological polar surface area (TPSA) is 42.1 Å². The molecule has 1 aromatic heterocycles. The Balaban J connectivity index is 2.26. The molecule has 2 N–H and O–H groups in total. The fourth-order valence-corrected chi connectivity index (χ4v) is 2.07. The smallest absolute Gasteiger partial charge is 0.0449 e. The van der Waals surface area contributed by atoms with Crippen molar-refractivity contribution in [3.8, 4) is 0 Å². The number of rotatable bonds is 4. The van der Waals surface area contributed by atoms with Gasteiger partial charge < -0.3 is 10.6 Å². The van der Waals surface area contributed by atoms with Crippen LogP contribution < -0.4 is 10.6 Å². The lowest BCUT2D eigenvalue weighted by Crippen LogP contribution is -2.23. The Labute approximate surface area is 108 Å². The second kappa shape index (κ2) is 5.54. The molecule has 0 saturated heterocycles. The van der Waals surface area contributed by atoms with Gasteiger partial charge in [0.2, 0.25) is 0 Å². The molecule has 0 atom stereocenters. The summed E-state index contributed by atoms with van der Waals surface area (Å²) >= 11 is 0. The molecule has 1 aromatic carbocycles. The molecule has 1 heterocycles. The predicted octanol–water partition coefficient (Wildman–Crippen LogP) is 3.00. The normalized spacial score (nSPS) is 10.3. The summed E-state index contributed by atoms with van der Waals surface area (Å²) in [4.78, 5) is 6.44. The average molecular weight is 241 g/mol. The zero-order valence-corrected chi connectivity index (χ0v) is 10.9. The van der Waals surface area contributed by atoms with Gasteiger partial charge in [0, 0.05) is 36.9 Å². The third-order valence-electron chi connectivity index (χ3n) is 3.13. The number of hydrogen-bond acceptors (Lipinski definition) is 3. The highest BCUT2D eigenvalue weighted by Crippen LogP contribution is 2.22. The molecule has 0 unspecified atom stereocenters. The fraction of sp³-hybridized carbons (Fsp3) is 0.267. The van der Waals surface area contributed by atoms with E-state index in [4.69, 9.17) is 5.73 Å². The van der Waals surface area contributed by atoms with Gasteiger partial charge in [0.1, 0.15) is 0 Å². The minimum absolute atomic E-state index is 0.827. The van der Waals surface area contributed by atoms with E-state index in [0.29, 0.717) is 0 Å². The minimum Gasteiger partial charge on any atom is -0.398 e. The lowest BCUT2D eigenvalue weighted by Gasteiger charge is -2.25. The highest BCUT2D eigenvalue weighted by Gasteiger charge is 2.09. The van der Waals surface area contributed by atoms with Crippen molar-refractivity contribution in [1.29, 1.82) is 0 Å². The molecule has 0 radical (unpaired) electrons. The first-order valence-electron chi connectivity index (χ1n) is 6.21. The van der Waals surface area contributed by atoms with Gasteiger partial charge in [-0.2, -0.15) is 0 Å². The van der Waals surface area contributed by atoms with Crippen molar-refractivity contribution in [2.75, 3.05) is 17.2 Å². The van der Waals surface area contributed by atoms with Crippen molar-refractivity contribution in [3.63, 3.8) is 0 Å². The number of nitrogens with zero attached hydrogens (tertiary/aromatic N) is 2. The van der Waals surface area contributed by atoms with E-state index >= 15 is 0 Å². The Morgan fingerprint density at radius 2 is 2.00 bits per heavy atom. The van der Waals surface area contributed by atoms with Crippen LogP contribution in [0.5, 0.6) is 0 Å². The van der Waals surface area contributed by atoms with Crippen LogP contribution >= 0.6 is 0 Å². The number of para-hydroxylation sites is 1. The van der Waals surface area contributed by atoms with Gasteiger partial charge in [-0.05, 0) is 37.1 Å². The van der Waals surface area contributed by atoms with E-state index in [9.17, 15) is 0 Å². The summed E-state index contributed by atoms with van der Waals surface area (Å²) in [6.45, 7) is 6.01. The summed E-state index contributed by atoms with van der Waals surface area (Å²) in [5.74, 6) is 0. The number of aryl methyl sites for hydroxylation is 1. The summed E-state index contributed by atoms with van der Waals surface area (Å²) in [7, 11) is 0. The van der Waals surface area contributed by atoms with E-state index in [1.807, 2.05) is 30.6 Å². The van der Waals surface area contributed by atoms with Crippen LogP contribution in [0, 0.1) is 6.92 Å². The van der Waals surface area contributed by atoms with E-state index in [0.717, 1.165) is 24.3 Å². The Morgan fingerprint density at radius 3 is 2.67 bits per heavy atom. The van der Waals surface area contributed by atoms with Crippen LogP contribution in [0.4, 0.5) is 11.4 Å². The second-order valence-electron chi connectivity index (χ2n) is 4.38. The van der Waals surface area contributed by atoms with Crippen molar-refractivity contribution in [1.82, 2.24) is 4.98 Å². The standard InChI is InChI=1S/C15H19N3/c1-3-18(15-8-9-17-10-12(15)2)11-13-6-4-5-7-14(13)16/h4-10H,3,11,16H2,1-2H3. The maximum absolute atomic E-state index is 6.00. The molecule has 0 fully saturated rings. The largest absolute Gasteiger partial charge is 0.398 e. The predicted molar refractivity (Wildman–Crippen MR) is 76.6 cm³/mol. The van der Waals surface area contributed by atoms with Crippen molar-refractivity contribution < 1.29 is 0 Å². The number of anilines is 2. The van der Waals surface area contributed by atoms with Gasteiger partial charge in [-0.15, -0.1) is 0 Å². The van der Waals surface area contributed by atoms with E-state index in [1.54, 1.807) is 0 Å². The number of aromatic nitrogens is 1. The van der Waals surface area contributed by atoms with Crippen LogP contribution in [-0.4, -0.2) is 11.5 Å². The molecular formula is C15H19N3. The van der Waals surface area contributed by atoms with Crippen LogP contribution in [0.3, 0.4) is 0 Å². The van der Waals surface area contributed by atoms with Gasteiger partial charge in [0.25, 0.3) is 0 Å². The molecule has 2 aromatic rings. The molecule has 2 rings (SSSR count). The molecule has 0 saturated carbocycles. The van der Waals surface area contributed by atoms with Gasteiger partial charge >= 0.3 is 0 Å². The Kier molecular flexibility index (Phi) is 3.82. The molecule has 3 nitrogen and oxygen atoms in total. The van der Waals surface area contributed by atoms with E-state index in [1.165, 1.54) is 11.3 Å². The van der Waals surface area contributed by atoms with Crippen molar-refractivity contribution in [3.05, 3.63) is 53.9 Å². The molecule has 0 aliphatic carbocycles. The zero-order valence-electron chi connectivity index (χ0n) is 10.9. The first-order chi connectivity index (χ1) is 8.72. The van der Waals surface area contributed by atoms with Crippen LogP contribution in [0.15, 0.2) is 42.7 Å². The highest BCUT2D eigenvalue weighted by molar-refractivity contribution is 5.54. The average Bonchev–Trinajstić information content (AvgIpc) is 2.39. The number of nitrogen functional groups attached to an aromatic ring is 1. The van der Waals surface area contributed by atoms with E-state index in [-0.39, 0.29) is 0 Å². The maximum atomic E-state index is 6.00. The Morgan fingerprint density at radius 1 is 1.22 bits per heavy atom. The summed E-state index contributed by atoms with van der Waals surface area (Å²) in [6.07, 6.45) is 3.73. The molecule has 18 heavy (non-hydrogen) atoms. The van der Waals surface area contributed by atoms with E-state index < -0.39 is 0 Å². The number of nitrogens with two attached hydrogens (primary N) is 1. The molecular weight excluding hydrogens is 222 g/mol. The quantitative estimate of drug-likeness (QED) is 0.837. The lowest BCUT2D eigenvalue weighted by atomic mass is 10.1. The summed E-state index contributed by atoms with van der Waals surface area (Å²) in [5.41, 5.74) is 10.4. The highest BCUT2D eigenvalue weighted by atomic mass is 15.1. The second-order valence-corrected chi connectivity index (χ2v) is 4.38. The fourth-order valence-electron chi connectivity index (χ4n) is 2.07. The zero-order chi connectivity index (χ0) is 13.0. The molecule has 0 aliphatic heterocycles. The van der Waals surface area contributed by atoms with Crippen molar-refractivity contribution >= 4 is 11.4 Å². The van der Waals surface area contributed by atoms with Crippen LogP contribution in [0.2, 0.25) is 0 Å². The first kappa shape index (κ1) is 12.4. The summed E-state index contributed by atoms with van der Waals surface area (Å²) in [5, 5.41) is 0. The number of hydrogen-bond donors (Lipinski definition) is 1. The van der Waals surface area contributed by atoms with Gasteiger partial charge in [-0.3, -0.25) is 4.98 Å². The van der Waals surface area contributed by atoms with Gasteiger partial charge in [0.15, 0.2) is 0 Å². The van der Waals surface area contributed by atoms with Gasteiger partial charge in [-0.25, -0.2) is 0 Å². The number of pyridine rings is 1. The van der Waals surface area contributed by atoms with Crippen LogP contribution in [-0.2, 0) is 6.54 Å². The molecule has 0 bridgehead atoms. The molecule has 3 heteroatoms. The molecule has 0 spiro atoms. The number of benzene rings is 1. The lowest BCUT2D eigenvalue weighted by molar-refractivity contribution is 0.828. The van der Waals surface area contributed by atoms with Crippen LogP contribution in [0.1, 0.15) is 18.1 Å². The van der Waals surface area contributed by atoms with E-state index in [2.05, 4.69) is 35.9 Å². The SMILES string of the molecule is CCN(Cc1ccccc1N)c1ccncc1C. The van der Waals surface area contributed by atoms with Crippen LogP contribution in [0.25, 0.3) is 0 Å². The molecule has 0 amide bonds. The minimum atomic E-state index is 0.827. The third-order valence-corrected chi connectivity index (χ3v) is 3.13.